The maximum atomic E-state index is 5.90. The van der Waals surface area contributed by atoms with E-state index in [9.17, 15) is 0 Å². The molecule has 0 saturated carbocycles. The first-order chi connectivity index (χ1) is 5.79. The molecule has 1 heterocycles. The highest BCUT2D eigenvalue weighted by atomic mass is 35.5. The van der Waals surface area contributed by atoms with Gasteiger partial charge in [0.25, 0.3) is 0 Å². The Bertz CT molecular complexity index is 263. The second kappa shape index (κ2) is 4.31. The predicted octanol–water partition coefficient (Wildman–Crippen LogP) is 2.70. The number of methoxy groups -OCH3 is 1. The average Bonchev–Trinajstić information content (AvgIpc) is 2.05. The molecule has 0 aliphatic rings. The smallest absolute Gasteiger partial charge is 0.158 e. The van der Waals surface area contributed by atoms with Crippen LogP contribution in [0.5, 0.6) is 5.75 Å². The van der Waals surface area contributed by atoms with Crippen molar-refractivity contribution in [1.29, 1.82) is 0 Å². The van der Waals surface area contributed by atoms with Crippen LogP contribution in [-0.4, -0.2) is 12.1 Å². The summed E-state index contributed by atoms with van der Waals surface area (Å²) in [5, 5.41) is 0.635. The second-order valence-corrected chi connectivity index (χ2v) is 2.93. The van der Waals surface area contributed by atoms with E-state index in [4.69, 9.17) is 16.3 Å². The molecule has 0 atom stereocenters. The number of rotatable bonds is 3. The number of hydrogen-bond acceptors (Lipinski definition) is 2. The van der Waals surface area contributed by atoms with Gasteiger partial charge in [0, 0.05) is 6.20 Å². The van der Waals surface area contributed by atoms with Crippen LogP contribution in [0.2, 0.25) is 5.02 Å². The van der Waals surface area contributed by atoms with Gasteiger partial charge in [-0.2, -0.15) is 0 Å². The summed E-state index contributed by atoms with van der Waals surface area (Å²) in [5.74, 6) is 0.709. The lowest BCUT2D eigenvalue weighted by Gasteiger charge is -2.07. The molecule has 3 heteroatoms. The third-order valence-electron chi connectivity index (χ3n) is 1.62. The Hall–Kier alpha value is -0.760. The van der Waals surface area contributed by atoms with Crippen molar-refractivity contribution in [3.63, 3.8) is 0 Å². The number of aryl methyl sites for hydroxylation is 1. The molecular weight excluding hydrogens is 174 g/mol. The summed E-state index contributed by atoms with van der Waals surface area (Å²) in [7, 11) is 1.61. The first kappa shape index (κ1) is 9.33. The largest absolute Gasteiger partial charge is 0.493 e. The number of halogens is 1. The van der Waals surface area contributed by atoms with E-state index in [0.717, 1.165) is 18.5 Å². The Labute approximate surface area is 77.5 Å². The van der Waals surface area contributed by atoms with E-state index in [2.05, 4.69) is 11.9 Å². The predicted molar refractivity (Wildman–Crippen MR) is 49.8 cm³/mol. The zero-order chi connectivity index (χ0) is 8.97. The quantitative estimate of drug-likeness (QED) is 0.723. The topological polar surface area (TPSA) is 22.1 Å². The minimum atomic E-state index is 0.635. The standard InChI is InChI=1S/C9H12ClNO/c1-3-4-8-9(12-2)7(10)5-6-11-8/h5-6H,3-4H2,1-2H3. The SMILES string of the molecule is CCCc1nccc(Cl)c1OC. The summed E-state index contributed by atoms with van der Waals surface area (Å²) in [5.41, 5.74) is 0.938. The average molecular weight is 186 g/mol. The number of ether oxygens (including phenoxy) is 1. The van der Waals surface area contributed by atoms with Gasteiger partial charge in [-0.1, -0.05) is 24.9 Å². The highest BCUT2D eigenvalue weighted by molar-refractivity contribution is 6.32. The molecule has 0 aliphatic heterocycles. The van der Waals surface area contributed by atoms with Gasteiger partial charge in [-0.3, -0.25) is 4.98 Å². The molecule has 0 aromatic carbocycles. The van der Waals surface area contributed by atoms with Crippen molar-refractivity contribution in [2.75, 3.05) is 7.11 Å². The van der Waals surface area contributed by atoms with E-state index >= 15 is 0 Å². The van der Waals surface area contributed by atoms with Crippen LogP contribution in [0.15, 0.2) is 12.3 Å². The molecule has 0 aliphatic carbocycles. The van der Waals surface area contributed by atoms with Gasteiger partial charge >= 0.3 is 0 Å². The zero-order valence-corrected chi connectivity index (χ0v) is 8.06. The van der Waals surface area contributed by atoms with Gasteiger partial charge in [0.1, 0.15) is 0 Å². The molecule has 12 heavy (non-hydrogen) atoms. The summed E-state index contributed by atoms with van der Waals surface area (Å²) in [4.78, 5) is 4.19. The molecule has 1 aromatic heterocycles. The fourth-order valence-electron chi connectivity index (χ4n) is 1.10. The minimum Gasteiger partial charge on any atom is -0.493 e. The maximum Gasteiger partial charge on any atom is 0.158 e. The van der Waals surface area contributed by atoms with Gasteiger partial charge in [0.05, 0.1) is 17.8 Å². The molecule has 0 fully saturated rings. The summed E-state index contributed by atoms with van der Waals surface area (Å²) in [6.07, 6.45) is 3.66. The van der Waals surface area contributed by atoms with Crippen LogP contribution >= 0.6 is 11.6 Å². The van der Waals surface area contributed by atoms with E-state index in [-0.39, 0.29) is 0 Å². The van der Waals surface area contributed by atoms with Gasteiger partial charge in [-0.05, 0) is 12.5 Å². The van der Waals surface area contributed by atoms with Gasteiger partial charge < -0.3 is 4.74 Å². The Morgan fingerprint density at radius 2 is 2.33 bits per heavy atom. The molecular formula is C9H12ClNO. The highest BCUT2D eigenvalue weighted by Crippen LogP contribution is 2.26. The molecule has 1 aromatic rings. The van der Waals surface area contributed by atoms with Crippen molar-refractivity contribution in [3.05, 3.63) is 23.0 Å². The Morgan fingerprint density at radius 3 is 2.92 bits per heavy atom. The van der Waals surface area contributed by atoms with Crippen molar-refractivity contribution in [1.82, 2.24) is 4.98 Å². The first-order valence-electron chi connectivity index (χ1n) is 3.97. The van der Waals surface area contributed by atoms with Crippen LogP contribution in [-0.2, 0) is 6.42 Å². The molecule has 2 nitrogen and oxygen atoms in total. The van der Waals surface area contributed by atoms with Crippen molar-refractivity contribution in [2.45, 2.75) is 19.8 Å². The normalized spacial score (nSPS) is 9.92. The second-order valence-electron chi connectivity index (χ2n) is 2.52. The van der Waals surface area contributed by atoms with Gasteiger partial charge in [0.15, 0.2) is 5.75 Å². The van der Waals surface area contributed by atoms with Crippen LogP contribution in [0.1, 0.15) is 19.0 Å². The van der Waals surface area contributed by atoms with Crippen LogP contribution in [0.3, 0.4) is 0 Å². The monoisotopic (exact) mass is 185 g/mol. The third kappa shape index (κ3) is 1.89. The Morgan fingerprint density at radius 1 is 1.58 bits per heavy atom. The lowest BCUT2D eigenvalue weighted by Crippen LogP contribution is -1.95. The number of hydrogen-bond donors (Lipinski definition) is 0. The van der Waals surface area contributed by atoms with Crippen molar-refractivity contribution < 1.29 is 4.74 Å². The van der Waals surface area contributed by atoms with E-state index in [1.807, 2.05) is 0 Å². The molecule has 0 N–H and O–H groups in total. The van der Waals surface area contributed by atoms with Crippen molar-refractivity contribution in [2.24, 2.45) is 0 Å². The van der Waals surface area contributed by atoms with Crippen molar-refractivity contribution >= 4 is 11.6 Å². The summed E-state index contributed by atoms with van der Waals surface area (Å²) < 4.78 is 5.13. The number of aromatic nitrogens is 1. The van der Waals surface area contributed by atoms with E-state index < -0.39 is 0 Å². The highest BCUT2D eigenvalue weighted by Gasteiger charge is 2.06. The summed E-state index contributed by atoms with van der Waals surface area (Å²) in [6.45, 7) is 2.10. The number of nitrogens with zero attached hydrogens (tertiary/aromatic N) is 1. The third-order valence-corrected chi connectivity index (χ3v) is 1.92. The molecule has 1 rings (SSSR count). The van der Waals surface area contributed by atoms with Gasteiger partial charge in [0.2, 0.25) is 0 Å². The summed E-state index contributed by atoms with van der Waals surface area (Å²) >= 11 is 5.90. The summed E-state index contributed by atoms with van der Waals surface area (Å²) in [6, 6.07) is 1.74. The fraction of sp³-hybridized carbons (Fsp3) is 0.444. The van der Waals surface area contributed by atoms with E-state index in [1.54, 1.807) is 19.4 Å². The molecule has 0 spiro atoms. The zero-order valence-electron chi connectivity index (χ0n) is 7.30. The number of pyridine rings is 1. The molecule has 66 valence electrons. The van der Waals surface area contributed by atoms with Gasteiger partial charge in [-0.25, -0.2) is 0 Å². The van der Waals surface area contributed by atoms with Gasteiger partial charge in [-0.15, -0.1) is 0 Å². The van der Waals surface area contributed by atoms with Crippen LogP contribution < -0.4 is 4.74 Å². The van der Waals surface area contributed by atoms with Crippen LogP contribution in [0, 0.1) is 0 Å². The molecule has 0 unspecified atom stereocenters. The minimum absolute atomic E-state index is 0.635. The van der Waals surface area contributed by atoms with Crippen LogP contribution in [0.25, 0.3) is 0 Å². The molecule has 0 amide bonds. The Balaban J connectivity index is 3.00. The molecule has 0 saturated heterocycles. The van der Waals surface area contributed by atoms with E-state index in [1.165, 1.54) is 0 Å². The first-order valence-corrected chi connectivity index (χ1v) is 4.34. The fourth-order valence-corrected chi connectivity index (χ4v) is 1.34. The van der Waals surface area contributed by atoms with E-state index in [0.29, 0.717) is 10.8 Å². The molecule has 0 radical (unpaired) electrons. The maximum absolute atomic E-state index is 5.90. The lowest BCUT2D eigenvalue weighted by molar-refractivity contribution is 0.406. The molecule has 0 bridgehead atoms. The van der Waals surface area contributed by atoms with Crippen molar-refractivity contribution in [3.8, 4) is 5.75 Å². The van der Waals surface area contributed by atoms with Crippen LogP contribution in [0.4, 0.5) is 0 Å². The Kier molecular flexibility index (Phi) is 3.35. The lowest BCUT2D eigenvalue weighted by atomic mass is 10.2.